The van der Waals surface area contributed by atoms with Crippen LogP contribution in [0.4, 0.5) is 11.5 Å². The Hall–Kier alpha value is -3.27. The van der Waals surface area contributed by atoms with Crippen LogP contribution in [0.3, 0.4) is 0 Å². The summed E-state index contributed by atoms with van der Waals surface area (Å²) in [5.41, 5.74) is 1.02. The van der Waals surface area contributed by atoms with Gasteiger partial charge in [-0.25, -0.2) is 18.4 Å². The van der Waals surface area contributed by atoms with Gasteiger partial charge in [-0.3, -0.25) is 14.3 Å². The predicted molar refractivity (Wildman–Crippen MR) is 110 cm³/mol. The van der Waals surface area contributed by atoms with Gasteiger partial charge in [0.25, 0.3) is 10.0 Å². The molecule has 0 fully saturated rings. The Kier molecular flexibility index (Phi) is 6.16. The van der Waals surface area contributed by atoms with Crippen molar-refractivity contribution in [3.05, 3.63) is 54.0 Å². The first kappa shape index (κ1) is 21.4. The van der Waals surface area contributed by atoms with E-state index >= 15 is 0 Å². The lowest BCUT2D eigenvalue weighted by Gasteiger charge is -2.24. The Labute approximate surface area is 174 Å². The van der Waals surface area contributed by atoms with E-state index in [1.807, 2.05) is 0 Å². The summed E-state index contributed by atoms with van der Waals surface area (Å²) in [7, 11) is -3.87. The number of carboxylic acids is 1. The molecule has 0 unspecified atom stereocenters. The minimum atomic E-state index is -3.87. The van der Waals surface area contributed by atoms with E-state index in [0.717, 1.165) is 0 Å². The summed E-state index contributed by atoms with van der Waals surface area (Å²) in [6.07, 6.45) is 4.20. The molecule has 1 aromatic heterocycles. The Balaban J connectivity index is 1.71. The fourth-order valence-corrected chi connectivity index (χ4v) is 4.29. The SMILES string of the molecule is Cc1cc(NS(=O)(=O)c2ccc(NC(=O)[C@H]3CC=CC[C@@H]3C(=O)O)cc2)nc(C)n1. The van der Waals surface area contributed by atoms with Crippen LogP contribution < -0.4 is 10.0 Å². The molecule has 1 heterocycles. The molecule has 0 spiro atoms. The molecule has 2 atom stereocenters. The first-order valence-electron chi connectivity index (χ1n) is 9.29. The molecule has 3 N–H and O–H groups in total. The molecule has 1 aliphatic rings. The quantitative estimate of drug-likeness (QED) is 0.599. The Morgan fingerprint density at radius 2 is 1.67 bits per heavy atom. The monoisotopic (exact) mass is 430 g/mol. The number of hydrogen-bond donors (Lipinski definition) is 3. The van der Waals surface area contributed by atoms with E-state index < -0.39 is 33.7 Å². The van der Waals surface area contributed by atoms with Crippen LogP contribution >= 0.6 is 0 Å². The summed E-state index contributed by atoms with van der Waals surface area (Å²) >= 11 is 0. The number of aromatic nitrogens is 2. The van der Waals surface area contributed by atoms with Crippen molar-refractivity contribution < 1.29 is 23.1 Å². The Bertz CT molecular complexity index is 1080. The number of nitrogens with one attached hydrogen (secondary N) is 2. The van der Waals surface area contributed by atoms with Gasteiger partial charge in [0.2, 0.25) is 5.91 Å². The van der Waals surface area contributed by atoms with E-state index in [1.165, 1.54) is 30.3 Å². The molecule has 158 valence electrons. The van der Waals surface area contributed by atoms with Gasteiger partial charge in [-0.1, -0.05) is 12.2 Å². The molecule has 1 aliphatic carbocycles. The highest BCUT2D eigenvalue weighted by molar-refractivity contribution is 7.92. The van der Waals surface area contributed by atoms with Crippen molar-refractivity contribution in [1.82, 2.24) is 9.97 Å². The number of sulfonamides is 1. The summed E-state index contributed by atoms with van der Waals surface area (Å²) in [5, 5.41) is 12.0. The van der Waals surface area contributed by atoms with E-state index in [1.54, 1.807) is 26.0 Å². The van der Waals surface area contributed by atoms with E-state index in [2.05, 4.69) is 20.0 Å². The number of aryl methyl sites for hydroxylation is 2. The van der Waals surface area contributed by atoms with Crippen molar-refractivity contribution in [2.75, 3.05) is 10.0 Å². The Morgan fingerprint density at radius 3 is 2.27 bits per heavy atom. The fraction of sp³-hybridized carbons (Fsp3) is 0.300. The molecule has 1 aromatic carbocycles. The number of nitrogens with zero attached hydrogens (tertiary/aromatic N) is 2. The summed E-state index contributed by atoms with van der Waals surface area (Å²) in [4.78, 5) is 32.1. The van der Waals surface area contributed by atoms with Gasteiger partial charge in [0.15, 0.2) is 0 Å². The van der Waals surface area contributed by atoms with Crippen molar-refractivity contribution in [3.8, 4) is 0 Å². The van der Waals surface area contributed by atoms with Crippen LogP contribution in [0.2, 0.25) is 0 Å². The molecule has 0 saturated carbocycles. The highest BCUT2D eigenvalue weighted by Crippen LogP contribution is 2.27. The first-order valence-corrected chi connectivity index (χ1v) is 10.8. The third kappa shape index (κ3) is 5.01. The second-order valence-corrected chi connectivity index (χ2v) is 8.74. The van der Waals surface area contributed by atoms with Crippen LogP contribution in [0.5, 0.6) is 0 Å². The molecule has 10 heteroatoms. The van der Waals surface area contributed by atoms with Gasteiger partial charge in [-0.05, 0) is 51.0 Å². The molecule has 0 radical (unpaired) electrons. The number of allylic oxidation sites excluding steroid dienone is 2. The van der Waals surface area contributed by atoms with E-state index in [-0.39, 0.29) is 10.7 Å². The lowest BCUT2D eigenvalue weighted by molar-refractivity contribution is -0.146. The molecule has 2 aromatic rings. The van der Waals surface area contributed by atoms with Gasteiger partial charge >= 0.3 is 5.97 Å². The second kappa shape index (κ2) is 8.62. The van der Waals surface area contributed by atoms with Crippen molar-refractivity contribution in [3.63, 3.8) is 0 Å². The Morgan fingerprint density at radius 1 is 1.03 bits per heavy atom. The van der Waals surface area contributed by atoms with Crippen molar-refractivity contribution in [2.24, 2.45) is 11.8 Å². The number of carbonyl (C=O) groups is 2. The summed E-state index contributed by atoms with van der Waals surface area (Å²) < 4.78 is 27.6. The topological polar surface area (TPSA) is 138 Å². The average molecular weight is 430 g/mol. The second-order valence-electron chi connectivity index (χ2n) is 7.05. The van der Waals surface area contributed by atoms with E-state index in [0.29, 0.717) is 30.0 Å². The largest absolute Gasteiger partial charge is 0.481 e. The van der Waals surface area contributed by atoms with Gasteiger partial charge in [-0.15, -0.1) is 0 Å². The zero-order valence-corrected chi connectivity index (χ0v) is 17.3. The number of carbonyl (C=O) groups excluding carboxylic acids is 1. The number of amides is 1. The average Bonchev–Trinajstić information content (AvgIpc) is 2.67. The van der Waals surface area contributed by atoms with Crippen molar-refractivity contribution in [1.29, 1.82) is 0 Å². The van der Waals surface area contributed by atoms with Gasteiger partial charge in [-0.2, -0.15) is 0 Å². The molecule has 3 rings (SSSR count). The van der Waals surface area contributed by atoms with E-state index in [9.17, 15) is 23.1 Å². The summed E-state index contributed by atoms with van der Waals surface area (Å²) in [6.45, 7) is 3.40. The normalized spacial score (nSPS) is 18.6. The molecule has 0 bridgehead atoms. The number of rotatable bonds is 6. The van der Waals surface area contributed by atoms with Gasteiger partial charge in [0.05, 0.1) is 16.7 Å². The van der Waals surface area contributed by atoms with Crippen LogP contribution in [0.25, 0.3) is 0 Å². The highest BCUT2D eigenvalue weighted by Gasteiger charge is 2.34. The maximum Gasteiger partial charge on any atom is 0.307 e. The van der Waals surface area contributed by atoms with Crippen LogP contribution in [0.1, 0.15) is 24.4 Å². The van der Waals surface area contributed by atoms with Gasteiger partial charge < -0.3 is 10.4 Å². The number of anilines is 2. The smallest absolute Gasteiger partial charge is 0.307 e. The number of carboxylic acid groups (broad SMARTS) is 1. The zero-order chi connectivity index (χ0) is 21.9. The zero-order valence-electron chi connectivity index (χ0n) is 16.5. The molecule has 0 aliphatic heterocycles. The third-order valence-corrected chi connectivity index (χ3v) is 6.09. The molecule has 30 heavy (non-hydrogen) atoms. The van der Waals surface area contributed by atoms with Crippen LogP contribution in [-0.2, 0) is 19.6 Å². The predicted octanol–water partition coefficient (Wildman–Crippen LogP) is 2.50. The van der Waals surface area contributed by atoms with Gasteiger partial charge in [0.1, 0.15) is 11.6 Å². The molecular formula is C20H22N4O5S. The van der Waals surface area contributed by atoms with Crippen LogP contribution in [0.15, 0.2) is 47.4 Å². The molecule has 0 saturated heterocycles. The minimum Gasteiger partial charge on any atom is -0.481 e. The standard InChI is InChI=1S/C20H22N4O5S/c1-12-11-18(22-13(2)21-12)24-30(28,29)15-9-7-14(8-10-15)23-19(25)16-5-3-4-6-17(16)20(26)27/h3-4,7-11,16-17H,5-6H2,1-2H3,(H,23,25)(H,26,27)(H,21,22,24)/t16-,17-/m0/s1. The maximum atomic E-state index is 12.6. The molecular weight excluding hydrogens is 408 g/mol. The first-order chi connectivity index (χ1) is 14.2. The van der Waals surface area contributed by atoms with Crippen molar-refractivity contribution >= 4 is 33.4 Å². The highest BCUT2D eigenvalue weighted by atomic mass is 32.2. The van der Waals surface area contributed by atoms with Crippen LogP contribution in [-0.4, -0.2) is 35.4 Å². The number of benzene rings is 1. The summed E-state index contributed by atoms with van der Waals surface area (Å²) in [6, 6.07) is 7.15. The molecule has 1 amide bonds. The lowest BCUT2D eigenvalue weighted by Crippen LogP contribution is -2.34. The van der Waals surface area contributed by atoms with Crippen LogP contribution in [0, 0.1) is 25.7 Å². The maximum absolute atomic E-state index is 12.6. The van der Waals surface area contributed by atoms with E-state index in [4.69, 9.17) is 0 Å². The third-order valence-electron chi connectivity index (χ3n) is 4.72. The fourth-order valence-electron chi connectivity index (χ4n) is 3.30. The summed E-state index contributed by atoms with van der Waals surface area (Å²) in [5.74, 6) is -2.26. The van der Waals surface area contributed by atoms with Crippen molar-refractivity contribution in [2.45, 2.75) is 31.6 Å². The van der Waals surface area contributed by atoms with Gasteiger partial charge in [0, 0.05) is 17.4 Å². The number of aliphatic carboxylic acids is 1. The minimum absolute atomic E-state index is 0.00145. The number of hydrogen-bond acceptors (Lipinski definition) is 6. The molecule has 9 nitrogen and oxygen atoms in total. The lowest BCUT2D eigenvalue weighted by atomic mass is 9.82.